The van der Waals surface area contributed by atoms with Crippen LogP contribution < -0.4 is 5.73 Å². The molecule has 1 aromatic carbocycles. The lowest BCUT2D eigenvalue weighted by Crippen LogP contribution is -2.10. The van der Waals surface area contributed by atoms with Crippen molar-refractivity contribution in [2.75, 3.05) is 6.61 Å². The van der Waals surface area contributed by atoms with Crippen molar-refractivity contribution in [1.82, 2.24) is 9.78 Å². The lowest BCUT2D eigenvalue weighted by molar-refractivity contribution is 0.0526. The first kappa shape index (κ1) is 14.2. The summed E-state index contributed by atoms with van der Waals surface area (Å²) in [5, 5.41) is 4.10. The number of rotatable bonds is 4. The molecule has 106 valence electrons. The average molecular weight is 277 g/mol. The minimum absolute atomic E-state index is 0.297. The summed E-state index contributed by atoms with van der Waals surface area (Å²) in [7, 11) is 0. The Morgan fingerprint density at radius 3 is 2.95 bits per heavy atom. The summed E-state index contributed by atoms with van der Waals surface area (Å²) in [6.45, 7) is 3.79. The number of hydrogen-bond acceptors (Lipinski definition) is 4. The van der Waals surface area contributed by atoms with Gasteiger partial charge in [0.05, 0.1) is 24.1 Å². The van der Waals surface area contributed by atoms with E-state index in [4.69, 9.17) is 10.5 Å². The molecule has 20 heavy (non-hydrogen) atoms. The molecule has 2 N–H and O–H groups in total. The van der Waals surface area contributed by atoms with Crippen molar-refractivity contribution >= 4 is 5.97 Å². The van der Waals surface area contributed by atoms with E-state index in [0.29, 0.717) is 23.4 Å². The van der Waals surface area contributed by atoms with E-state index in [0.717, 1.165) is 0 Å². The Morgan fingerprint density at radius 1 is 1.55 bits per heavy atom. The molecule has 0 aliphatic carbocycles. The monoisotopic (exact) mass is 277 g/mol. The van der Waals surface area contributed by atoms with Gasteiger partial charge in [0.2, 0.25) is 0 Å². The third-order valence-corrected chi connectivity index (χ3v) is 2.82. The van der Waals surface area contributed by atoms with Crippen LogP contribution in [0, 0.1) is 5.82 Å². The molecular weight excluding hydrogens is 261 g/mol. The highest BCUT2D eigenvalue weighted by Crippen LogP contribution is 2.21. The number of esters is 1. The molecule has 2 rings (SSSR count). The molecule has 1 aromatic heterocycles. The molecule has 0 spiro atoms. The summed E-state index contributed by atoms with van der Waals surface area (Å²) in [6.07, 6.45) is 2.95. The molecule has 0 aliphatic rings. The van der Waals surface area contributed by atoms with Gasteiger partial charge in [0.25, 0.3) is 0 Å². The molecule has 0 saturated carbocycles. The van der Waals surface area contributed by atoms with Gasteiger partial charge >= 0.3 is 5.97 Å². The Labute approximate surface area is 116 Å². The molecule has 0 saturated heterocycles. The summed E-state index contributed by atoms with van der Waals surface area (Å²) in [5.74, 6) is -0.804. The second-order valence-electron chi connectivity index (χ2n) is 4.39. The van der Waals surface area contributed by atoms with Crippen LogP contribution in [0.2, 0.25) is 0 Å². The van der Waals surface area contributed by atoms with Crippen LogP contribution in [0.25, 0.3) is 5.69 Å². The minimum Gasteiger partial charge on any atom is -0.462 e. The van der Waals surface area contributed by atoms with E-state index in [1.165, 1.54) is 29.2 Å². The number of halogens is 1. The maximum absolute atomic E-state index is 13.3. The van der Waals surface area contributed by atoms with Gasteiger partial charge in [-0.05, 0) is 37.6 Å². The lowest BCUT2D eigenvalue weighted by atomic mass is 10.1. The van der Waals surface area contributed by atoms with E-state index in [-0.39, 0.29) is 11.9 Å². The van der Waals surface area contributed by atoms with E-state index in [1.54, 1.807) is 19.9 Å². The highest BCUT2D eigenvalue weighted by molar-refractivity contribution is 5.88. The molecule has 6 heteroatoms. The largest absolute Gasteiger partial charge is 0.462 e. The predicted octanol–water partition coefficient (Wildman–Crippen LogP) is 2.21. The Morgan fingerprint density at radius 2 is 2.30 bits per heavy atom. The van der Waals surface area contributed by atoms with Gasteiger partial charge in [0.15, 0.2) is 0 Å². The van der Waals surface area contributed by atoms with Crippen LogP contribution in [0.3, 0.4) is 0 Å². The van der Waals surface area contributed by atoms with Crippen molar-refractivity contribution in [1.29, 1.82) is 0 Å². The fourth-order valence-electron chi connectivity index (χ4n) is 1.87. The highest BCUT2D eigenvalue weighted by atomic mass is 19.1. The molecule has 0 bridgehead atoms. The van der Waals surface area contributed by atoms with E-state index >= 15 is 0 Å². The standard InChI is InChI=1S/C14H16FN3O2/c1-3-20-14(19)10-7-17-18(8-10)13-5-4-11(15)6-12(13)9(2)16/h4-9H,3,16H2,1-2H3/t9-/m0/s1. The van der Waals surface area contributed by atoms with Gasteiger partial charge in [-0.3, -0.25) is 0 Å². The van der Waals surface area contributed by atoms with Crippen LogP contribution in [-0.2, 0) is 4.74 Å². The first-order valence-electron chi connectivity index (χ1n) is 6.30. The summed E-state index contributed by atoms with van der Waals surface area (Å²) < 4.78 is 19.7. The second kappa shape index (κ2) is 5.83. The van der Waals surface area contributed by atoms with E-state index in [2.05, 4.69) is 5.10 Å². The second-order valence-corrected chi connectivity index (χ2v) is 4.39. The number of benzene rings is 1. The van der Waals surface area contributed by atoms with Gasteiger partial charge in [-0.25, -0.2) is 13.9 Å². The Bertz CT molecular complexity index is 623. The number of hydrogen-bond donors (Lipinski definition) is 1. The van der Waals surface area contributed by atoms with Crippen LogP contribution in [-0.4, -0.2) is 22.4 Å². The van der Waals surface area contributed by atoms with Gasteiger partial charge in [-0.2, -0.15) is 5.10 Å². The smallest absolute Gasteiger partial charge is 0.341 e. The number of ether oxygens (including phenoxy) is 1. The van der Waals surface area contributed by atoms with Crippen LogP contribution in [0.1, 0.15) is 35.8 Å². The molecule has 2 aromatic rings. The molecule has 0 fully saturated rings. The minimum atomic E-state index is -0.441. The third-order valence-electron chi connectivity index (χ3n) is 2.82. The predicted molar refractivity (Wildman–Crippen MR) is 72.1 cm³/mol. The molecule has 5 nitrogen and oxygen atoms in total. The zero-order chi connectivity index (χ0) is 14.7. The van der Waals surface area contributed by atoms with Crippen LogP contribution >= 0.6 is 0 Å². The number of carbonyl (C=O) groups excluding carboxylic acids is 1. The highest BCUT2D eigenvalue weighted by Gasteiger charge is 2.14. The maximum atomic E-state index is 13.3. The SMILES string of the molecule is CCOC(=O)c1cnn(-c2ccc(F)cc2[C@H](C)N)c1. The molecule has 1 atom stereocenters. The Balaban J connectivity index is 2.40. The number of carbonyl (C=O) groups is 1. The van der Waals surface area contributed by atoms with E-state index < -0.39 is 5.97 Å². The Kier molecular flexibility index (Phi) is 4.14. The van der Waals surface area contributed by atoms with Gasteiger partial charge in [-0.1, -0.05) is 0 Å². The fraction of sp³-hybridized carbons (Fsp3) is 0.286. The molecule has 1 heterocycles. The first-order chi connectivity index (χ1) is 9.52. The molecule has 0 unspecified atom stereocenters. The summed E-state index contributed by atoms with van der Waals surface area (Å²) >= 11 is 0. The lowest BCUT2D eigenvalue weighted by Gasteiger charge is -2.12. The number of nitrogens with zero attached hydrogens (tertiary/aromatic N) is 2. The third kappa shape index (κ3) is 2.85. The molecule has 0 radical (unpaired) electrons. The van der Waals surface area contributed by atoms with Crippen molar-refractivity contribution in [3.63, 3.8) is 0 Å². The van der Waals surface area contributed by atoms with E-state index in [1.807, 2.05) is 0 Å². The molecule has 0 aliphatic heterocycles. The van der Waals surface area contributed by atoms with Crippen molar-refractivity contribution in [2.45, 2.75) is 19.9 Å². The normalized spacial score (nSPS) is 12.2. The average Bonchev–Trinajstić information content (AvgIpc) is 2.88. The van der Waals surface area contributed by atoms with E-state index in [9.17, 15) is 9.18 Å². The first-order valence-corrected chi connectivity index (χ1v) is 6.30. The fourth-order valence-corrected chi connectivity index (χ4v) is 1.87. The molecular formula is C14H16FN3O2. The van der Waals surface area contributed by atoms with Gasteiger partial charge in [-0.15, -0.1) is 0 Å². The van der Waals surface area contributed by atoms with Crippen molar-refractivity contribution in [3.8, 4) is 5.69 Å². The number of aromatic nitrogens is 2. The number of nitrogens with two attached hydrogens (primary N) is 1. The summed E-state index contributed by atoms with van der Waals surface area (Å²) in [4.78, 5) is 11.6. The van der Waals surface area contributed by atoms with Crippen LogP contribution in [0.4, 0.5) is 4.39 Å². The summed E-state index contributed by atoms with van der Waals surface area (Å²) in [6, 6.07) is 3.92. The zero-order valence-electron chi connectivity index (χ0n) is 11.3. The maximum Gasteiger partial charge on any atom is 0.341 e. The Hall–Kier alpha value is -2.21. The topological polar surface area (TPSA) is 70.1 Å². The van der Waals surface area contributed by atoms with Crippen molar-refractivity contribution < 1.29 is 13.9 Å². The quantitative estimate of drug-likeness (QED) is 0.870. The van der Waals surface area contributed by atoms with Gasteiger partial charge in [0.1, 0.15) is 5.82 Å². The van der Waals surface area contributed by atoms with Gasteiger partial charge in [0, 0.05) is 12.2 Å². The van der Waals surface area contributed by atoms with Crippen molar-refractivity contribution in [2.24, 2.45) is 5.73 Å². The van der Waals surface area contributed by atoms with Gasteiger partial charge < -0.3 is 10.5 Å². The zero-order valence-corrected chi connectivity index (χ0v) is 11.3. The van der Waals surface area contributed by atoms with Crippen molar-refractivity contribution in [3.05, 3.63) is 47.5 Å². The van der Waals surface area contributed by atoms with Crippen LogP contribution in [0.5, 0.6) is 0 Å². The van der Waals surface area contributed by atoms with Crippen LogP contribution in [0.15, 0.2) is 30.6 Å². The molecule has 0 amide bonds. The summed E-state index contributed by atoms with van der Waals surface area (Å²) in [5.41, 5.74) is 7.43.